The molecule has 0 N–H and O–H groups in total. The van der Waals surface area contributed by atoms with Crippen LogP contribution >= 0.6 is 0 Å². The second kappa shape index (κ2) is 6.13. The van der Waals surface area contributed by atoms with Crippen LogP contribution in [-0.2, 0) is 19.1 Å². The predicted molar refractivity (Wildman–Crippen MR) is 70.1 cm³/mol. The molecular formula is C14H17NO4. The van der Waals surface area contributed by atoms with Crippen molar-refractivity contribution in [1.82, 2.24) is 4.98 Å². The topological polar surface area (TPSA) is 65.5 Å². The molecule has 0 amide bonds. The van der Waals surface area contributed by atoms with Gasteiger partial charge in [0.1, 0.15) is 11.2 Å². The van der Waals surface area contributed by atoms with Gasteiger partial charge in [-0.3, -0.25) is 4.98 Å². The Bertz CT molecular complexity index is 486. The van der Waals surface area contributed by atoms with E-state index in [-0.39, 0.29) is 5.57 Å². The minimum Gasteiger partial charge on any atom is -0.465 e. The second-order valence-electron chi connectivity index (χ2n) is 4.84. The molecule has 0 atom stereocenters. The number of pyridine rings is 1. The van der Waals surface area contributed by atoms with Gasteiger partial charge in [-0.15, -0.1) is 0 Å². The van der Waals surface area contributed by atoms with Gasteiger partial charge in [0.15, 0.2) is 0 Å². The Labute approximate surface area is 112 Å². The van der Waals surface area contributed by atoms with Crippen LogP contribution in [0.15, 0.2) is 30.1 Å². The average molecular weight is 263 g/mol. The Morgan fingerprint density at radius 1 is 1.26 bits per heavy atom. The van der Waals surface area contributed by atoms with E-state index in [1.165, 1.54) is 19.4 Å². The quantitative estimate of drug-likeness (QED) is 0.361. The van der Waals surface area contributed by atoms with Crippen LogP contribution in [0.2, 0.25) is 0 Å². The third-order valence-corrected chi connectivity index (χ3v) is 2.02. The molecule has 19 heavy (non-hydrogen) atoms. The molecule has 0 aromatic carbocycles. The Morgan fingerprint density at radius 3 is 2.42 bits per heavy atom. The van der Waals surface area contributed by atoms with Crippen molar-refractivity contribution in [2.75, 3.05) is 7.11 Å². The van der Waals surface area contributed by atoms with Crippen LogP contribution in [0.5, 0.6) is 0 Å². The van der Waals surface area contributed by atoms with E-state index >= 15 is 0 Å². The molecule has 0 bridgehead atoms. The molecule has 0 saturated heterocycles. The molecule has 0 fully saturated rings. The van der Waals surface area contributed by atoms with E-state index in [2.05, 4.69) is 9.72 Å². The number of methoxy groups -OCH3 is 1. The molecule has 0 aliphatic rings. The first-order chi connectivity index (χ1) is 8.83. The highest BCUT2D eigenvalue weighted by molar-refractivity contribution is 6.17. The summed E-state index contributed by atoms with van der Waals surface area (Å²) in [5.41, 5.74) is -0.224. The van der Waals surface area contributed by atoms with Crippen molar-refractivity contribution < 1.29 is 19.1 Å². The zero-order valence-corrected chi connectivity index (χ0v) is 11.5. The highest BCUT2D eigenvalue weighted by Crippen LogP contribution is 2.14. The number of hydrogen-bond acceptors (Lipinski definition) is 5. The molecule has 0 radical (unpaired) electrons. The maximum atomic E-state index is 12.0. The molecule has 0 spiro atoms. The molecule has 0 saturated carbocycles. The molecule has 1 rings (SSSR count). The fourth-order valence-electron chi connectivity index (χ4n) is 1.27. The lowest BCUT2D eigenvalue weighted by Crippen LogP contribution is -2.27. The standard InChI is InChI=1S/C14H17NO4/c1-14(2,3)19-13(17)11(12(16)18-4)8-10-6-5-7-15-9-10/h5-9H,1-4H3/b11-8-. The zero-order valence-electron chi connectivity index (χ0n) is 11.5. The van der Waals surface area contributed by atoms with Crippen molar-refractivity contribution in [1.29, 1.82) is 0 Å². The van der Waals surface area contributed by atoms with Crippen LogP contribution < -0.4 is 0 Å². The van der Waals surface area contributed by atoms with Crippen molar-refractivity contribution in [3.63, 3.8) is 0 Å². The highest BCUT2D eigenvalue weighted by Gasteiger charge is 2.25. The minimum atomic E-state index is -0.738. The van der Waals surface area contributed by atoms with Crippen molar-refractivity contribution >= 4 is 18.0 Å². The first-order valence-corrected chi connectivity index (χ1v) is 5.77. The number of hydrogen-bond donors (Lipinski definition) is 0. The van der Waals surface area contributed by atoms with Gasteiger partial charge >= 0.3 is 11.9 Å². The Kier molecular flexibility index (Phi) is 4.80. The fourth-order valence-corrected chi connectivity index (χ4v) is 1.27. The van der Waals surface area contributed by atoms with Gasteiger partial charge in [-0.05, 0) is 38.5 Å². The lowest BCUT2D eigenvalue weighted by molar-refractivity contribution is -0.153. The Morgan fingerprint density at radius 2 is 1.95 bits per heavy atom. The number of nitrogens with zero attached hydrogens (tertiary/aromatic N) is 1. The van der Waals surface area contributed by atoms with Crippen LogP contribution in [0, 0.1) is 0 Å². The Balaban J connectivity index is 3.06. The largest absolute Gasteiger partial charge is 0.465 e. The average Bonchev–Trinajstić information content (AvgIpc) is 2.34. The van der Waals surface area contributed by atoms with Gasteiger partial charge in [-0.2, -0.15) is 0 Å². The number of ether oxygens (including phenoxy) is 2. The summed E-state index contributed by atoms with van der Waals surface area (Å²) in [5.74, 6) is -1.46. The molecule has 0 unspecified atom stereocenters. The van der Waals surface area contributed by atoms with Gasteiger partial charge in [0, 0.05) is 12.4 Å². The van der Waals surface area contributed by atoms with Crippen LogP contribution in [-0.4, -0.2) is 29.6 Å². The maximum absolute atomic E-state index is 12.0. The summed E-state index contributed by atoms with van der Waals surface area (Å²) < 4.78 is 9.76. The molecule has 0 aliphatic heterocycles. The van der Waals surface area contributed by atoms with E-state index in [4.69, 9.17) is 4.74 Å². The summed E-state index contributed by atoms with van der Waals surface area (Å²) in [6, 6.07) is 3.43. The second-order valence-corrected chi connectivity index (χ2v) is 4.84. The number of carbonyl (C=O) groups excluding carboxylic acids is 2. The van der Waals surface area contributed by atoms with Crippen molar-refractivity contribution in [3.8, 4) is 0 Å². The molecule has 102 valence electrons. The molecule has 0 aliphatic carbocycles. The predicted octanol–water partition coefficient (Wildman–Crippen LogP) is 1.98. The summed E-state index contributed by atoms with van der Waals surface area (Å²) in [6.07, 6.45) is 4.53. The summed E-state index contributed by atoms with van der Waals surface area (Å²) >= 11 is 0. The third-order valence-electron chi connectivity index (χ3n) is 2.02. The lowest BCUT2D eigenvalue weighted by Gasteiger charge is -2.19. The van der Waals surface area contributed by atoms with Gasteiger partial charge in [0.05, 0.1) is 7.11 Å². The van der Waals surface area contributed by atoms with Gasteiger partial charge in [0.25, 0.3) is 0 Å². The van der Waals surface area contributed by atoms with Gasteiger partial charge in [-0.25, -0.2) is 9.59 Å². The monoisotopic (exact) mass is 263 g/mol. The highest BCUT2D eigenvalue weighted by atomic mass is 16.6. The van der Waals surface area contributed by atoms with Crippen LogP contribution in [0.3, 0.4) is 0 Å². The summed E-state index contributed by atoms with van der Waals surface area (Å²) in [4.78, 5) is 27.5. The van der Waals surface area contributed by atoms with E-state index in [9.17, 15) is 9.59 Å². The minimum absolute atomic E-state index is 0.162. The maximum Gasteiger partial charge on any atom is 0.346 e. The first kappa shape index (κ1) is 14.9. The van der Waals surface area contributed by atoms with Crippen molar-refractivity contribution in [3.05, 3.63) is 35.7 Å². The van der Waals surface area contributed by atoms with Crippen LogP contribution in [0.1, 0.15) is 26.3 Å². The number of esters is 2. The molecular weight excluding hydrogens is 246 g/mol. The lowest BCUT2D eigenvalue weighted by atomic mass is 10.1. The molecule has 5 heteroatoms. The van der Waals surface area contributed by atoms with Crippen molar-refractivity contribution in [2.45, 2.75) is 26.4 Å². The fraction of sp³-hybridized carbons (Fsp3) is 0.357. The summed E-state index contributed by atoms with van der Waals surface area (Å²) in [7, 11) is 1.21. The van der Waals surface area contributed by atoms with E-state index in [1.807, 2.05) is 0 Å². The number of rotatable bonds is 3. The molecule has 5 nitrogen and oxygen atoms in total. The number of carbonyl (C=O) groups is 2. The summed E-state index contributed by atoms with van der Waals surface area (Å²) in [5, 5.41) is 0. The molecule has 1 aromatic rings. The van der Waals surface area contributed by atoms with Crippen molar-refractivity contribution in [2.24, 2.45) is 0 Å². The Hall–Kier alpha value is -2.17. The third kappa shape index (κ3) is 4.91. The summed E-state index contributed by atoms with van der Waals surface area (Å²) in [6.45, 7) is 5.18. The van der Waals surface area contributed by atoms with Gasteiger partial charge in [0.2, 0.25) is 0 Å². The van der Waals surface area contributed by atoms with E-state index < -0.39 is 17.5 Å². The van der Waals surface area contributed by atoms with Gasteiger partial charge in [-0.1, -0.05) is 6.07 Å². The molecule has 1 heterocycles. The van der Waals surface area contributed by atoms with E-state index in [0.29, 0.717) is 5.56 Å². The van der Waals surface area contributed by atoms with Crippen LogP contribution in [0.25, 0.3) is 6.08 Å². The smallest absolute Gasteiger partial charge is 0.346 e. The molecule has 1 aromatic heterocycles. The first-order valence-electron chi connectivity index (χ1n) is 5.77. The van der Waals surface area contributed by atoms with Gasteiger partial charge < -0.3 is 9.47 Å². The SMILES string of the molecule is COC(=O)/C(=C/c1cccnc1)C(=O)OC(C)(C)C. The normalized spacial score (nSPS) is 11.9. The number of aromatic nitrogens is 1. The van der Waals surface area contributed by atoms with E-state index in [0.717, 1.165) is 0 Å². The van der Waals surface area contributed by atoms with Crippen LogP contribution in [0.4, 0.5) is 0 Å². The zero-order chi connectivity index (χ0) is 14.5. The van der Waals surface area contributed by atoms with E-state index in [1.54, 1.807) is 39.1 Å².